The van der Waals surface area contributed by atoms with Crippen molar-refractivity contribution in [3.05, 3.63) is 29.8 Å². The Morgan fingerprint density at radius 2 is 2.29 bits per heavy atom. The lowest BCUT2D eigenvalue weighted by atomic mass is 9.98. The van der Waals surface area contributed by atoms with Crippen molar-refractivity contribution < 1.29 is 4.39 Å². The molecule has 1 aliphatic carbocycles. The Morgan fingerprint density at radius 3 is 2.88 bits per heavy atom. The molecule has 1 N–H and O–H groups in total. The van der Waals surface area contributed by atoms with Gasteiger partial charge < -0.3 is 5.32 Å². The number of nitrogens with zero attached hydrogens (tertiary/aromatic N) is 1. The van der Waals surface area contributed by atoms with E-state index in [1.54, 1.807) is 6.07 Å². The molecule has 2 rings (SSSR count). The summed E-state index contributed by atoms with van der Waals surface area (Å²) >= 11 is 0. The number of pyridine rings is 1. The molecular formula is C14H21FN2. The van der Waals surface area contributed by atoms with E-state index in [0.29, 0.717) is 0 Å². The Labute approximate surface area is 103 Å². The summed E-state index contributed by atoms with van der Waals surface area (Å²) in [4.78, 5) is 4.10. The zero-order chi connectivity index (χ0) is 12.3. The van der Waals surface area contributed by atoms with Gasteiger partial charge in [-0.2, -0.15) is 0 Å². The van der Waals surface area contributed by atoms with Crippen molar-refractivity contribution in [1.29, 1.82) is 0 Å². The molecule has 1 aromatic heterocycles. The standard InChI is InChI=1S/C14H21FN2/c1-10-4-3-5-12(10)8-16-11(2)14-7-6-13(15)9-17-14/h6-7,9-12,16H,3-5,8H2,1-2H3. The summed E-state index contributed by atoms with van der Waals surface area (Å²) in [5.41, 5.74) is 0.914. The van der Waals surface area contributed by atoms with Crippen LogP contribution in [0.15, 0.2) is 18.3 Å². The van der Waals surface area contributed by atoms with Gasteiger partial charge in [0.1, 0.15) is 5.82 Å². The highest BCUT2D eigenvalue weighted by Crippen LogP contribution is 2.30. The first-order chi connectivity index (χ1) is 8.16. The predicted molar refractivity (Wildman–Crippen MR) is 67.1 cm³/mol. The number of hydrogen-bond donors (Lipinski definition) is 1. The monoisotopic (exact) mass is 236 g/mol. The average molecular weight is 236 g/mol. The zero-order valence-corrected chi connectivity index (χ0v) is 10.6. The van der Waals surface area contributed by atoms with Crippen molar-refractivity contribution in [2.75, 3.05) is 6.54 Å². The van der Waals surface area contributed by atoms with Gasteiger partial charge >= 0.3 is 0 Å². The van der Waals surface area contributed by atoms with E-state index in [2.05, 4.69) is 24.1 Å². The molecule has 3 unspecified atom stereocenters. The maximum atomic E-state index is 12.7. The third-order valence-corrected chi connectivity index (χ3v) is 3.92. The molecule has 0 amide bonds. The molecule has 0 aromatic carbocycles. The van der Waals surface area contributed by atoms with E-state index < -0.39 is 0 Å². The summed E-state index contributed by atoms with van der Waals surface area (Å²) in [5.74, 6) is 1.35. The highest BCUT2D eigenvalue weighted by Gasteiger charge is 2.23. The Morgan fingerprint density at radius 1 is 1.47 bits per heavy atom. The number of aromatic nitrogens is 1. The summed E-state index contributed by atoms with van der Waals surface area (Å²) in [6, 6.07) is 3.42. The van der Waals surface area contributed by atoms with Gasteiger partial charge in [-0.25, -0.2) is 4.39 Å². The van der Waals surface area contributed by atoms with Crippen molar-refractivity contribution in [3.8, 4) is 0 Å². The molecule has 1 aromatic rings. The first-order valence-corrected chi connectivity index (χ1v) is 6.51. The minimum atomic E-state index is -0.273. The van der Waals surface area contributed by atoms with Crippen LogP contribution in [0.1, 0.15) is 44.8 Å². The number of rotatable bonds is 4. The van der Waals surface area contributed by atoms with Crippen LogP contribution >= 0.6 is 0 Å². The second-order valence-electron chi connectivity index (χ2n) is 5.20. The van der Waals surface area contributed by atoms with Gasteiger partial charge in [0.15, 0.2) is 0 Å². The topological polar surface area (TPSA) is 24.9 Å². The van der Waals surface area contributed by atoms with E-state index in [4.69, 9.17) is 0 Å². The van der Waals surface area contributed by atoms with Crippen LogP contribution in [0, 0.1) is 17.7 Å². The van der Waals surface area contributed by atoms with E-state index in [1.807, 2.05) is 0 Å². The van der Waals surface area contributed by atoms with Gasteiger partial charge in [-0.1, -0.05) is 19.8 Å². The van der Waals surface area contributed by atoms with Gasteiger partial charge in [-0.05, 0) is 43.9 Å². The molecular weight excluding hydrogens is 215 g/mol. The first-order valence-electron chi connectivity index (χ1n) is 6.51. The summed E-state index contributed by atoms with van der Waals surface area (Å²) in [6.45, 7) is 5.46. The van der Waals surface area contributed by atoms with Crippen molar-refractivity contribution in [2.24, 2.45) is 11.8 Å². The van der Waals surface area contributed by atoms with Crippen LogP contribution in [-0.2, 0) is 0 Å². The Bertz CT molecular complexity index is 350. The summed E-state index contributed by atoms with van der Waals surface area (Å²) < 4.78 is 12.7. The molecule has 0 aliphatic heterocycles. The van der Waals surface area contributed by atoms with Crippen LogP contribution in [0.4, 0.5) is 4.39 Å². The largest absolute Gasteiger partial charge is 0.309 e. The minimum absolute atomic E-state index is 0.198. The molecule has 3 atom stereocenters. The smallest absolute Gasteiger partial charge is 0.141 e. The van der Waals surface area contributed by atoms with E-state index in [-0.39, 0.29) is 11.9 Å². The van der Waals surface area contributed by atoms with Gasteiger partial charge in [0.2, 0.25) is 0 Å². The molecule has 94 valence electrons. The van der Waals surface area contributed by atoms with Crippen LogP contribution in [0.2, 0.25) is 0 Å². The Hall–Kier alpha value is -0.960. The van der Waals surface area contributed by atoms with E-state index >= 15 is 0 Å². The maximum absolute atomic E-state index is 12.7. The van der Waals surface area contributed by atoms with Crippen molar-refractivity contribution in [2.45, 2.75) is 39.2 Å². The summed E-state index contributed by atoms with van der Waals surface area (Å²) in [6.07, 6.45) is 5.33. The van der Waals surface area contributed by atoms with Gasteiger partial charge in [0, 0.05) is 6.04 Å². The predicted octanol–water partition coefficient (Wildman–Crippen LogP) is 3.31. The fourth-order valence-electron chi connectivity index (χ4n) is 2.60. The van der Waals surface area contributed by atoms with Gasteiger partial charge in [-0.3, -0.25) is 4.98 Å². The molecule has 2 nitrogen and oxygen atoms in total. The molecule has 1 heterocycles. The third-order valence-electron chi connectivity index (χ3n) is 3.92. The molecule has 1 aliphatic rings. The number of hydrogen-bond acceptors (Lipinski definition) is 2. The lowest BCUT2D eigenvalue weighted by molar-refractivity contribution is 0.373. The average Bonchev–Trinajstić information content (AvgIpc) is 2.73. The van der Waals surface area contributed by atoms with E-state index in [9.17, 15) is 4.39 Å². The van der Waals surface area contributed by atoms with Gasteiger partial charge in [0.05, 0.1) is 11.9 Å². The molecule has 1 fully saturated rings. The summed E-state index contributed by atoms with van der Waals surface area (Å²) in [7, 11) is 0. The molecule has 0 spiro atoms. The van der Waals surface area contributed by atoms with Crippen LogP contribution in [0.3, 0.4) is 0 Å². The second kappa shape index (κ2) is 5.58. The quantitative estimate of drug-likeness (QED) is 0.867. The highest BCUT2D eigenvalue weighted by molar-refractivity contribution is 5.08. The van der Waals surface area contributed by atoms with Gasteiger partial charge in [-0.15, -0.1) is 0 Å². The molecule has 17 heavy (non-hydrogen) atoms. The van der Waals surface area contributed by atoms with Crippen LogP contribution in [-0.4, -0.2) is 11.5 Å². The molecule has 0 radical (unpaired) electrons. The maximum Gasteiger partial charge on any atom is 0.141 e. The van der Waals surface area contributed by atoms with Crippen LogP contribution in [0.5, 0.6) is 0 Å². The number of nitrogens with one attached hydrogen (secondary N) is 1. The van der Waals surface area contributed by atoms with Crippen molar-refractivity contribution in [3.63, 3.8) is 0 Å². The molecule has 0 saturated heterocycles. The molecule has 0 bridgehead atoms. The summed E-state index contributed by atoms with van der Waals surface area (Å²) in [5, 5.41) is 3.51. The van der Waals surface area contributed by atoms with Crippen LogP contribution < -0.4 is 5.32 Å². The fraction of sp³-hybridized carbons (Fsp3) is 0.643. The lowest BCUT2D eigenvalue weighted by Gasteiger charge is -2.19. The Kier molecular flexibility index (Phi) is 4.11. The molecule has 3 heteroatoms. The lowest BCUT2D eigenvalue weighted by Crippen LogP contribution is -2.27. The highest BCUT2D eigenvalue weighted by atomic mass is 19.1. The van der Waals surface area contributed by atoms with Crippen LogP contribution in [0.25, 0.3) is 0 Å². The SMILES string of the molecule is CC(NCC1CCCC1C)c1ccc(F)cn1. The number of halogens is 1. The van der Waals surface area contributed by atoms with Crippen molar-refractivity contribution in [1.82, 2.24) is 10.3 Å². The van der Waals surface area contributed by atoms with Crippen molar-refractivity contribution >= 4 is 0 Å². The first kappa shape index (κ1) is 12.5. The Balaban J connectivity index is 1.84. The van der Waals surface area contributed by atoms with E-state index in [1.165, 1.54) is 31.5 Å². The van der Waals surface area contributed by atoms with E-state index in [0.717, 1.165) is 24.1 Å². The van der Waals surface area contributed by atoms with Gasteiger partial charge in [0.25, 0.3) is 0 Å². The normalized spacial score (nSPS) is 26.1. The third kappa shape index (κ3) is 3.25. The minimum Gasteiger partial charge on any atom is -0.309 e. The molecule has 1 saturated carbocycles. The fourth-order valence-corrected chi connectivity index (χ4v) is 2.60. The second-order valence-corrected chi connectivity index (χ2v) is 5.20. The zero-order valence-electron chi connectivity index (χ0n) is 10.6.